The van der Waals surface area contributed by atoms with Crippen molar-refractivity contribution in [2.75, 3.05) is 26.7 Å². The molecule has 5 nitrogen and oxygen atoms in total. The molecule has 17 heavy (non-hydrogen) atoms. The predicted octanol–water partition coefficient (Wildman–Crippen LogP) is 1.01. The lowest BCUT2D eigenvalue weighted by atomic mass is 10.0. The van der Waals surface area contributed by atoms with Crippen LogP contribution in [-0.4, -0.2) is 48.8 Å². The second-order valence-electron chi connectivity index (χ2n) is 5.60. The van der Waals surface area contributed by atoms with Crippen LogP contribution >= 0.6 is 0 Å². The van der Waals surface area contributed by atoms with Gasteiger partial charge in [-0.2, -0.15) is 0 Å². The summed E-state index contributed by atoms with van der Waals surface area (Å²) in [5.74, 6) is 0.355. The Morgan fingerprint density at radius 1 is 1.59 bits per heavy atom. The molecule has 0 aromatic rings. The maximum absolute atomic E-state index is 8.62. The fraction of sp³-hybridized carbons (Fsp3) is 0.917. The molecular weight excluding hydrogens is 218 g/mol. The largest absolute Gasteiger partial charge is 0.409 e. The van der Waals surface area contributed by atoms with Gasteiger partial charge in [0.15, 0.2) is 0 Å². The summed E-state index contributed by atoms with van der Waals surface area (Å²) in [5.41, 5.74) is 5.85. The lowest BCUT2D eigenvalue weighted by Crippen LogP contribution is -2.35. The molecule has 1 heterocycles. The zero-order valence-corrected chi connectivity index (χ0v) is 10.6. The molecule has 2 fully saturated rings. The third-order valence-electron chi connectivity index (χ3n) is 3.79. The van der Waals surface area contributed by atoms with E-state index < -0.39 is 0 Å². The van der Waals surface area contributed by atoms with Crippen LogP contribution in [0.15, 0.2) is 5.16 Å². The lowest BCUT2D eigenvalue weighted by Gasteiger charge is -2.25. The summed E-state index contributed by atoms with van der Waals surface area (Å²) in [6.45, 7) is 2.93. The van der Waals surface area contributed by atoms with E-state index in [1.165, 1.54) is 25.7 Å². The van der Waals surface area contributed by atoms with Crippen molar-refractivity contribution in [3.8, 4) is 0 Å². The van der Waals surface area contributed by atoms with Crippen molar-refractivity contribution < 1.29 is 9.94 Å². The van der Waals surface area contributed by atoms with Crippen molar-refractivity contribution in [1.82, 2.24) is 4.90 Å². The highest BCUT2D eigenvalue weighted by atomic mass is 16.5. The van der Waals surface area contributed by atoms with Crippen molar-refractivity contribution >= 4 is 5.84 Å². The Labute approximate surface area is 103 Å². The second-order valence-corrected chi connectivity index (χ2v) is 5.60. The number of nitrogens with two attached hydrogens (primary N) is 1. The molecule has 0 amide bonds. The highest BCUT2D eigenvalue weighted by molar-refractivity contribution is 5.80. The summed E-state index contributed by atoms with van der Waals surface area (Å²) in [6, 6.07) is 0. The van der Waals surface area contributed by atoms with Crippen LogP contribution in [0.4, 0.5) is 0 Å². The van der Waals surface area contributed by atoms with Gasteiger partial charge in [0.2, 0.25) is 0 Å². The quantitative estimate of drug-likeness (QED) is 0.315. The Kier molecular flexibility index (Phi) is 3.89. The lowest BCUT2D eigenvalue weighted by molar-refractivity contribution is 0.0754. The molecule has 0 aromatic heterocycles. The molecular formula is C12H23N3O2. The van der Waals surface area contributed by atoms with Crippen molar-refractivity contribution in [1.29, 1.82) is 0 Å². The van der Waals surface area contributed by atoms with E-state index in [1.54, 1.807) is 0 Å². The first kappa shape index (κ1) is 12.6. The van der Waals surface area contributed by atoms with Gasteiger partial charge in [-0.15, -0.1) is 0 Å². The molecule has 5 heteroatoms. The van der Waals surface area contributed by atoms with E-state index in [0.717, 1.165) is 19.7 Å². The van der Waals surface area contributed by atoms with Crippen LogP contribution < -0.4 is 5.73 Å². The highest BCUT2D eigenvalue weighted by Crippen LogP contribution is 2.49. The molecule has 1 aliphatic heterocycles. The minimum atomic E-state index is 0.254. The molecule has 1 saturated carbocycles. The molecule has 0 aromatic carbocycles. The number of oxime groups is 1. The van der Waals surface area contributed by atoms with Gasteiger partial charge in [-0.1, -0.05) is 5.16 Å². The van der Waals surface area contributed by atoms with Crippen molar-refractivity contribution in [3.63, 3.8) is 0 Å². The van der Waals surface area contributed by atoms with Gasteiger partial charge in [-0.3, -0.25) is 0 Å². The van der Waals surface area contributed by atoms with Crippen molar-refractivity contribution in [2.24, 2.45) is 16.3 Å². The van der Waals surface area contributed by atoms with Gasteiger partial charge in [0.1, 0.15) is 5.84 Å². The Morgan fingerprint density at radius 2 is 2.35 bits per heavy atom. The Balaban J connectivity index is 1.75. The van der Waals surface area contributed by atoms with Gasteiger partial charge in [-0.05, 0) is 38.1 Å². The molecule has 1 unspecified atom stereocenters. The second kappa shape index (κ2) is 5.23. The number of amidine groups is 1. The fourth-order valence-corrected chi connectivity index (χ4v) is 2.76. The molecule has 2 rings (SSSR count). The third-order valence-corrected chi connectivity index (χ3v) is 3.79. The molecule has 1 aliphatic carbocycles. The van der Waals surface area contributed by atoms with E-state index in [-0.39, 0.29) is 5.41 Å². The topological polar surface area (TPSA) is 71.1 Å². The Hall–Kier alpha value is -0.810. The number of nitrogens with zero attached hydrogens (tertiary/aromatic N) is 2. The van der Waals surface area contributed by atoms with Gasteiger partial charge in [0.25, 0.3) is 0 Å². The normalized spacial score (nSPS) is 27.6. The van der Waals surface area contributed by atoms with Crippen LogP contribution in [0, 0.1) is 5.41 Å². The van der Waals surface area contributed by atoms with Crippen molar-refractivity contribution in [3.05, 3.63) is 0 Å². The van der Waals surface area contributed by atoms with E-state index in [9.17, 15) is 0 Å². The monoisotopic (exact) mass is 241 g/mol. The summed E-state index contributed by atoms with van der Waals surface area (Å²) in [7, 11) is 2.13. The van der Waals surface area contributed by atoms with Gasteiger partial charge < -0.3 is 20.6 Å². The standard InChI is InChI=1S/C12H23N3O2/c1-15(8-10-3-2-6-17-10)9-12(4-5-12)7-11(13)14-16/h10,16H,2-9H2,1H3,(H2,13,14). The SMILES string of the molecule is CN(CC1CCCO1)CC1(CC(N)=NO)CC1. The Morgan fingerprint density at radius 3 is 2.88 bits per heavy atom. The van der Waals surface area contributed by atoms with Crippen LogP contribution in [0.5, 0.6) is 0 Å². The van der Waals surface area contributed by atoms with Crippen LogP contribution in [-0.2, 0) is 4.74 Å². The minimum Gasteiger partial charge on any atom is -0.409 e. The van der Waals surface area contributed by atoms with Crippen LogP contribution in [0.3, 0.4) is 0 Å². The predicted molar refractivity (Wildman–Crippen MR) is 66.2 cm³/mol. The summed E-state index contributed by atoms with van der Waals surface area (Å²) in [5, 5.41) is 11.7. The first-order valence-electron chi connectivity index (χ1n) is 6.40. The van der Waals surface area contributed by atoms with Gasteiger partial charge in [0.05, 0.1) is 6.10 Å². The number of hydrogen-bond acceptors (Lipinski definition) is 4. The highest BCUT2D eigenvalue weighted by Gasteiger charge is 2.44. The average Bonchev–Trinajstić information content (AvgIpc) is 2.83. The minimum absolute atomic E-state index is 0.254. The molecule has 1 atom stereocenters. The average molecular weight is 241 g/mol. The number of rotatable bonds is 6. The molecule has 0 bridgehead atoms. The van der Waals surface area contributed by atoms with Crippen LogP contribution in [0.1, 0.15) is 32.1 Å². The molecule has 1 saturated heterocycles. The van der Waals surface area contributed by atoms with Crippen LogP contribution in [0.2, 0.25) is 0 Å². The van der Waals surface area contributed by atoms with E-state index in [1.807, 2.05) is 0 Å². The molecule has 98 valence electrons. The molecule has 0 radical (unpaired) electrons. The summed E-state index contributed by atoms with van der Waals surface area (Å²) >= 11 is 0. The smallest absolute Gasteiger partial charge is 0.139 e. The molecule has 3 N–H and O–H groups in total. The van der Waals surface area contributed by atoms with Gasteiger partial charge in [0, 0.05) is 26.1 Å². The molecule has 0 spiro atoms. The van der Waals surface area contributed by atoms with Gasteiger partial charge in [-0.25, -0.2) is 0 Å². The summed E-state index contributed by atoms with van der Waals surface area (Å²) < 4.78 is 5.63. The fourth-order valence-electron chi connectivity index (χ4n) is 2.76. The first-order chi connectivity index (χ1) is 8.13. The third kappa shape index (κ3) is 3.57. The molecule has 2 aliphatic rings. The van der Waals surface area contributed by atoms with E-state index in [0.29, 0.717) is 18.4 Å². The van der Waals surface area contributed by atoms with E-state index in [4.69, 9.17) is 15.7 Å². The number of ether oxygens (including phenoxy) is 1. The zero-order chi connectivity index (χ0) is 12.3. The van der Waals surface area contributed by atoms with Crippen molar-refractivity contribution in [2.45, 2.75) is 38.2 Å². The van der Waals surface area contributed by atoms with E-state index in [2.05, 4.69) is 17.1 Å². The first-order valence-corrected chi connectivity index (χ1v) is 6.40. The number of hydrogen-bond donors (Lipinski definition) is 2. The summed E-state index contributed by atoms with van der Waals surface area (Å²) in [4.78, 5) is 2.33. The maximum Gasteiger partial charge on any atom is 0.139 e. The van der Waals surface area contributed by atoms with Gasteiger partial charge >= 0.3 is 0 Å². The van der Waals surface area contributed by atoms with E-state index >= 15 is 0 Å². The summed E-state index contributed by atoms with van der Waals surface area (Å²) in [6.07, 6.45) is 5.84. The van der Waals surface area contributed by atoms with Crippen LogP contribution in [0.25, 0.3) is 0 Å². The maximum atomic E-state index is 8.62. The number of likely N-dealkylation sites (N-methyl/N-ethyl adjacent to an activating group) is 1. The zero-order valence-electron chi connectivity index (χ0n) is 10.6. The Bertz CT molecular complexity index is 283.